The second-order valence-corrected chi connectivity index (χ2v) is 5.85. The molecule has 0 atom stereocenters. The van der Waals surface area contributed by atoms with E-state index in [0.29, 0.717) is 11.4 Å². The van der Waals surface area contributed by atoms with E-state index in [2.05, 4.69) is 5.32 Å². The number of nitrogens with zero attached hydrogens (tertiary/aromatic N) is 1. The van der Waals surface area contributed by atoms with Crippen LogP contribution >= 0.6 is 0 Å². The molecule has 0 spiro atoms. The summed E-state index contributed by atoms with van der Waals surface area (Å²) in [7, 11) is 1.57. The average molecular weight is 320 g/mol. The number of amides is 1. The Morgan fingerprint density at radius 2 is 1.83 bits per heavy atom. The molecule has 6 heteroatoms. The minimum absolute atomic E-state index is 0.0368. The van der Waals surface area contributed by atoms with Crippen LogP contribution in [0.2, 0.25) is 0 Å². The van der Waals surface area contributed by atoms with Crippen LogP contribution in [0.5, 0.6) is 5.75 Å². The number of aliphatic carboxylic acids is 1. The summed E-state index contributed by atoms with van der Waals surface area (Å²) in [4.78, 5) is 24.9. The fourth-order valence-electron chi connectivity index (χ4n) is 2.89. The molecule has 2 N–H and O–H groups in total. The number of hydrogen-bond acceptors (Lipinski definition) is 4. The van der Waals surface area contributed by atoms with Crippen molar-refractivity contribution >= 4 is 17.6 Å². The lowest BCUT2D eigenvalue weighted by atomic mass is 9.95. The lowest BCUT2D eigenvalue weighted by Gasteiger charge is -2.26. The van der Waals surface area contributed by atoms with Crippen LogP contribution in [0.3, 0.4) is 0 Å². The van der Waals surface area contributed by atoms with Crippen LogP contribution in [-0.4, -0.2) is 43.2 Å². The quantitative estimate of drug-likeness (QED) is 0.804. The molecule has 0 bridgehead atoms. The molecule has 126 valence electrons. The van der Waals surface area contributed by atoms with Crippen molar-refractivity contribution in [1.29, 1.82) is 0 Å². The maximum Gasteiger partial charge on any atom is 0.323 e. The first kappa shape index (κ1) is 17.1. The number of rotatable bonds is 7. The van der Waals surface area contributed by atoms with Gasteiger partial charge in [0.1, 0.15) is 12.3 Å². The first-order valence-corrected chi connectivity index (χ1v) is 7.98. The van der Waals surface area contributed by atoms with Crippen molar-refractivity contribution < 1.29 is 19.4 Å². The molecule has 0 radical (unpaired) electrons. The van der Waals surface area contributed by atoms with E-state index in [0.717, 1.165) is 25.7 Å². The van der Waals surface area contributed by atoms with Gasteiger partial charge in [-0.05, 0) is 37.1 Å². The third-order valence-electron chi connectivity index (χ3n) is 4.07. The number of hydrogen-bond donors (Lipinski definition) is 2. The van der Waals surface area contributed by atoms with Gasteiger partial charge in [0.25, 0.3) is 0 Å². The van der Waals surface area contributed by atoms with Crippen LogP contribution in [0, 0.1) is 0 Å². The van der Waals surface area contributed by atoms with Crippen LogP contribution < -0.4 is 15.0 Å². The van der Waals surface area contributed by atoms with Crippen LogP contribution in [0.1, 0.15) is 32.1 Å². The van der Waals surface area contributed by atoms with E-state index in [1.165, 1.54) is 6.42 Å². The Balaban J connectivity index is 1.99. The average Bonchev–Trinajstić information content (AvgIpc) is 2.55. The fourth-order valence-corrected chi connectivity index (χ4v) is 2.89. The van der Waals surface area contributed by atoms with E-state index in [4.69, 9.17) is 9.84 Å². The van der Waals surface area contributed by atoms with E-state index in [1.807, 2.05) is 0 Å². The normalized spacial score (nSPS) is 15.0. The maximum absolute atomic E-state index is 12.2. The molecular weight excluding hydrogens is 296 g/mol. The fraction of sp³-hybridized carbons (Fsp3) is 0.529. The highest BCUT2D eigenvalue weighted by Crippen LogP contribution is 2.20. The minimum atomic E-state index is -0.966. The molecule has 0 saturated heterocycles. The largest absolute Gasteiger partial charge is 0.497 e. The number of nitrogens with one attached hydrogen (secondary N) is 1. The first-order valence-electron chi connectivity index (χ1n) is 7.98. The van der Waals surface area contributed by atoms with Crippen molar-refractivity contribution in [3.8, 4) is 5.75 Å². The van der Waals surface area contributed by atoms with E-state index < -0.39 is 5.97 Å². The van der Waals surface area contributed by atoms with Crippen LogP contribution in [0.4, 0.5) is 5.69 Å². The van der Waals surface area contributed by atoms with Gasteiger partial charge in [0.05, 0.1) is 13.7 Å². The zero-order valence-corrected chi connectivity index (χ0v) is 13.5. The summed E-state index contributed by atoms with van der Waals surface area (Å²) >= 11 is 0. The zero-order valence-electron chi connectivity index (χ0n) is 13.5. The minimum Gasteiger partial charge on any atom is -0.497 e. The van der Waals surface area contributed by atoms with Crippen molar-refractivity contribution in [2.75, 3.05) is 25.1 Å². The van der Waals surface area contributed by atoms with Crippen molar-refractivity contribution in [2.45, 2.75) is 38.1 Å². The molecule has 1 aliphatic carbocycles. The predicted molar refractivity (Wildman–Crippen MR) is 87.9 cm³/mol. The second-order valence-electron chi connectivity index (χ2n) is 5.85. The molecule has 1 amide bonds. The second kappa shape index (κ2) is 8.41. The maximum atomic E-state index is 12.2. The Labute approximate surface area is 136 Å². The van der Waals surface area contributed by atoms with E-state index in [1.54, 1.807) is 36.3 Å². The molecule has 0 unspecified atom stereocenters. The Hall–Kier alpha value is -2.24. The van der Waals surface area contributed by atoms with Crippen LogP contribution in [0.25, 0.3) is 0 Å². The van der Waals surface area contributed by atoms with Gasteiger partial charge in [0, 0.05) is 11.7 Å². The molecule has 1 aromatic rings. The summed E-state index contributed by atoms with van der Waals surface area (Å²) < 4.78 is 5.10. The van der Waals surface area contributed by atoms with Crippen molar-refractivity contribution in [3.05, 3.63) is 24.3 Å². The Morgan fingerprint density at radius 1 is 1.17 bits per heavy atom. The lowest BCUT2D eigenvalue weighted by molar-refractivity contribution is -0.135. The lowest BCUT2D eigenvalue weighted by Crippen LogP contribution is -2.44. The Morgan fingerprint density at radius 3 is 2.39 bits per heavy atom. The number of methoxy groups -OCH3 is 1. The van der Waals surface area contributed by atoms with Crippen molar-refractivity contribution in [2.24, 2.45) is 0 Å². The number of carboxylic acid groups (broad SMARTS) is 1. The van der Waals surface area contributed by atoms with Gasteiger partial charge in [-0.2, -0.15) is 0 Å². The molecule has 1 aromatic carbocycles. The summed E-state index contributed by atoms with van der Waals surface area (Å²) in [6, 6.07) is 7.25. The zero-order chi connectivity index (χ0) is 16.7. The van der Waals surface area contributed by atoms with Crippen molar-refractivity contribution in [1.82, 2.24) is 5.32 Å². The number of anilines is 1. The Bertz CT molecular complexity index is 524. The van der Waals surface area contributed by atoms with E-state index >= 15 is 0 Å². The Kier molecular flexibility index (Phi) is 6.26. The molecule has 1 fully saturated rings. The monoisotopic (exact) mass is 320 g/mol. The summed E-state index contributed by atoms with van der Waals surface area (Å²) in [5, 5.41) is 12.1. The summed E-state index contributed by atoms with van der Waals surface area (Å²) in [5.41, 5.74) is 0.687. The summed E-state index contributed by atoms with van der Waals surface area (Å²) in [6.45, 7) is -0.181. The molecule has 1 aliphatic rings. The molecule has 0 heterocycles. The van der Waals surface area contributed by atoms with Gasteiger partial charge in [-0.1, -0.05) is 19.3 Å². The summed E-state index contributed by atoms with van der Waals surface area (Å²) in [5.74, 6) is -0.407. The first-order chi connectivity index (χ1) is 11.1. The molecule has 1 saturated carbocycles. The highest BCUT2D eigenvalue weighted by atomic mass is 16.5. The molecule has 2 rings (SSSR count). The molecule has 6 nitrogen and oxygen atoms in total. The topological polar surface area (TPSA) is 78.9 Å². The third kappa shape index (κ3) is 5.47. The smallest absolute Gasteiger partial charge is 0.323 e. The van der Waals surface area contributed by atoms with Crippen LogP contribution in [-0.2, 0) is 9.59 Å². The molecule has 0 aliphatic heterocycles. The third-order valence-corrected chi connectivity index (χ3v) is 4.07. The van der Waals surface area contributed by atoms with Gasteiger partial charge in [-0.3, -0.25) is 9.59 Å². The molecule has 0 aromatic heterocycles. The van der Waals surface area contributed by atoms with Gasteiger partial charge in [0.15, 0.2) is 0 Å². The van der Waals surface area contributed by atoms with Gasteiger partial charge in [-0.25, -0.2) is 0 Å². The number of carbonyl (C=O) groups excluding carboxylic acids is 1. The SMILES string of the molecule is COc1ccc(N(CC(=O)O)CC(=O)NC2CCCCC2)cc1. The number of ether oxygens (including phenoxy) is 1. The van der Waals surface area contributed by atoms with E-state index in [-0.39, 0.29) is 25.0 Å². The van der Waals surface area contributed by atoms with Gasteiger partial charge in [-0.15, -0.1) is 0 Å². The molecule has 23 heavy (non-hydrogen) atoms. The summed E-state index contributed by atoms with van der Waals surface area (Å²) in [6.07, 6.45) is 5.52. The van der Waals surface area contributed by atoms with Crippen molar-refractivity contribution in [3.63, 3.8) is 0 Å². The standard InChI is InChI=1S/C17H24N2O4/c1-23-15-9-7-14(8-10-15)19(12-17(21)22)11-16(20)18-13-5-3-2-4-6-13/h7-10,13H,2-6,11-12H2,1H3,(H,18,20)(H,21,22). The van der Waals surface area contributed by atoms with Gasteiger partial charge >= 0.3 is 5.97 Å². The molecular formula is C17H24N2O4. The number of carboxylic acids is 1. The number of carbonyl (C=O) groups is 2. The van der Waals surface area contributed by atoms with Gasteiger partial charge < -0.3 is 20.1 Å². The van der Waals surface area contributed by atoms with E-state index in [9.17, 15) is 9.59 Å². The van der Waals surface area contributed by atoms with Gasteiger partial charge in [0.2, 0.25) is 5.91 Å². The van der Waals surface area contributed by atoms with Crippen LogP contribution in [0.15, 0.2) is 24.3 Å². The predicted octanol–water partition coefficient (Wildman–Crippen LogP) is 2.04. The highest BCUT2D eigenvalue weighted by molar-refractivity contribution is 5.84. The number of benzene rings is 1. The highest BCUT2D eigenvalue weighted by Gasteiger charge is 2.19.